The number of phenols is 1. The molecular weight excluding hydrogens is 276 g/mol. The molecule has 0 aliphatic carbocycles. The number of hydrogen-bond acceptors (Lipinski definition) is 3. The number of carbonyl (C=O) groups excluding carboxylic acids is 1. The zero-order valence-corrected chi connectivity index (χ0v) is 12.1. The second-order valence-electron chi connectivity index (χ2n) is 4.40. The number of aryl methyl sites for hydroxylation is 1. The lowest BCUT2D eigenvalue weighted by Crippen LogP contribution is -2.26. The summed E-state index contributed by atoms with van der Waals surface area (Å²) in [5.74, 6) is -0.00971. The first-order chi connectivity index (χ1) is 9.51. The molecule has 2 aromatic rings. The van der Waals surface area contributed by atoms with Crippen molar-refractivity contribution in [3.63, 3.8) is 0 Å². The lowest BCUT2D eigenvalue weighted by atomic mass is 10.1. The lowest BCUT2D eigenvalue weighted by Gasteiger charge is -2.18. The van der Waals surface area contributed by atoms with Gasteiger partial charge in [0.15, 0.2) is 0 Å². The van der Waals surface area contributed by atoms with E-state index in [1.165, 1.54) is 17.0 Å². The largest absolute Gasteiger partial charge is 0.508 e. The molecule has 20 heavy (non-hydrogen) atoms. The molecule has 0 spiro atoms. The van der Waals surface area contributed by atoms with Crippen molar-refractivity contribution in [2.45, 2.75) is 13.3 Å². The molecule has 0 atom stereocenters. The zero-order chi connectivity index (χ0) is 14.7. The first-order valence-electron chi connectivity index (χ1n) is 6.25. The second kappa shape index (κ2) is 5.92. The molecular formula is C15H15ClN2O2. The van der Waals surface area contributed by atoms with Gasteiger partial charge in [-0.25, -0.2) is 4.98 Å². The van der Waals surface area contributed by atoms with Crippen LogP contribution in [0.3, 0.4) is 0 Å². The number of halogens is 1. The van der Waals surface area contributed by atoms with Gasteiger partial charge in [-0.3, -0.25) is 4.79 Å². The molecule has 0 radical (unpaired) electrons. The normalized spacial score (nSPS) is 10.3. The van der Waals surface area contributed by atoms with Crippen LogP contribution < -0.4 is 4.90 Å². The van der Waals surface area contributed by atoms with E-state index in [9.17, 15) is 9.90 Å². The van der Waals surface area contributed by atoms with Crippen LogP contribution in [0, 0.1) is 0 Å². The Labute approximate surface area is 122 Å². The van der Waals surface area contributed by atoms with Gasteiger partial charge < -0.3 is 10.0 Å². The van der Waals surface area contributed by atoms with Gasteiger partial charge in [-0.1, -0.05) is 18.5 Å². The summed E-state index contributed by atoms with van der Waals surface area (Å²) in [6, 6.07) is 9.73. The molecule has 0 saturated heterocycles. The first-order valence-corrected chi connectivity index (χ1v) is 6.62. The van der Waals surface area contributed by atoms with Crippen molar-refractivity contribution in [1.82, 2.24) is 4.98 Å². The number of carbonyl (C=O) groups is 1. The average Bonchev–Trinajstić information content (AvgIpc) is 2.45. The monoisotopic (exact) mass is 290 g/mol. The highest BCUT2D eigenvalue weighted by Gasteiger charge is 2.15. The Morgan fingerprint density at radius 3 is 2.55 bits per heavy atom. The van der Waals surface area contributed by atoms with E-state index in [0.717, 1.165) is 5.69 Å². The third kappa shape index (κ3) is 3.08. The molecule has 1 heterocycles. The Balaban J connectivity index is 2.30. The molecule has 2 rings (SSSR count). The lowest BCUT2D eigenvalue weighted by molar-refractivity contribution is 0.0992. The van der Waals surface area contributed by atoms with Crippen LogP contribution in [0.4, 0.5) is 5.69 Å². The Morgan fingerprint density at radius 1 is 1.30 bits per heavy atom. The van der Waals surface area contributed by atoms with Gasteiger partial charge in [0.05, 0.1) is 0 Å². The van der Waals surface area contributed by atoms with Gasteiger partial charge in [-0.2, -0.15) is 0 Å². The molecule has 5 heteroatoms. The summed E-state index contributed by atoms with van der Waals surface area (Å²) in [4.78, 5) is 18.1. The predicted octanol–water partition coefficient (Wildman–Crippen LogP) is 3.28. The summed E-state index contributed by atoms with van der Waals surface area (Å²) < 4.78 is 0. The van der Waals surface area contributed by atoms with Gasteiger partial charge in [0.1, 0.15) is 10.9 Å². The fourth-order valence-corrected chi connectivity index (χ4v) is 2.07. The van der Waals surface area contributed by atoms with Crippen LogP contribution in [-0.2, 0) is 6.42 Å². The maximum Gasteiger partial charge on any atom is 0.258 e. The number of anilines is 1. The van der Waals surface area contributed by atoms with E-state index >= 15 is 0 Å². The van der Waals surface area contributed by atoms with E-state index in [1.807, 2.05) is 6.92 Å². The molecule has 0 fully saturated rings. The van der Waals surface area contributed by atoms with Gasteiger partial charge in [0, 0.05) is 24.0 Å². The number of rotatable bonds is 3. The van der Waals surface area contributed by atoms with E-state index in [1.54, 1.807) is 31.3 Å². The molecule has 0 aliphatic heterocycles. The summed E-state index contributed by atoms with van der Waals surface area (Å²) in [7, 11) is 1.68. The molecule has 1 aromatic heterocycles. The number of phenolic OH excluding ortho intramolecular Hbond substituents is 1. The van der Waals surface area contributed by atoms with Gasteiger partial charge in [0.2, 0.25) is 0 Å². The molecule has 0 aliphatic rings. The van der Waals surface area contributed by atoms with Crippen LogP contribution in [-0.4, -0.2) is 23.0 Å². The summed E-state index contributed by atoms with van der Waals surface area (Å²) in [5.41, 5.74) is 1.97. The fourth-order valence-electron chi connectivity index (χ4n) is 1.84. The van der Waals surface area contributed by atoms with Gasteiger partial charge in [-0.05, 0) is 42.8 Å². The van der Waals surface area contributed by atoms with Crippen molar-refractivity contribution in [2.24, 2.45) is 0 Å². The summed E-state index contributed by atoms with van der Waals surface area (Å²) in [6.45, 7) is 1.95. The molecule has 1 N–H and O–H groups in total. The third-order valence-electron chi connectivity index (χ3n) is 3.00. The van der Waals surface area contributed by atoms with Crippen LogP contribution in [0.15, 0.2) is 36.4 Å². The maximum atomic E-state index is 12.4. The third-order valence-corrected chi connectivity index (χ3v) is 3.19. The number of amides is 1. The van der Waals surface area contributed by atoms with Gasteiger partial charge >= 0.3 is 0 Å². The summed E-state index contributed by atoms with van der Waals surface area (Å²) >= 11 is 5.93. The van der Waals surface area contributed by atoms with Crippen molar-refractivity contribution in [3.8, 4) is 5.75 Å². The molecule has 0 bridgehead atoms. The minimum absolute atomic E-state index is 0.162. The maximum absolute atomic E-state index is 12.4. The molecule has 1 amide bonds. The number of benzene rings is 1. The van der Waals surface area contributed by atoms with Crippen LogP contribution in [0.1, 0.15) is 23.0 Å². The first kappa shape index (κ1) is 14.3. The van der Waals surface area contributed by atoms with Crippen molar-refractivity contribution >= 4 is 23.2 Å². The highest BCUT2D eigenvalue weighted by molar-refractivity contribution is 6.29. The van der Waals surface area contributed by atoms with Crippen LogP contribution >= 0.6 is 11.6 Å². The molecule has 4 nitrogen and oxygen atoms in total. The molecule has 0 unspecified atom stereocenters. The minimum Gasteiger partial charge on any atom is -0.508 e. The van der Waals surface area contributed by atoms with E-state index in [-0.39, 0.29) is 11.7 Å². The van der Waals surface area contributed by atoms with E-state index in [0.29, 0.717) is 22.8 Å². The topological polar surface area (TPSA) is 53.4 Å². The number of hydrogen-bond donors (Lipinski definition) is 1. The van der Waals surface area contributed by atoms with Crippen LogP contribution in [0.5, 0.6) is 5.75 Å². The summed E-state index contributed by atoms with van der Waals surface area (Å²) in [6.07, 6.45) is 0.712. The molecule has 0 saturated carbocycles. The van der Waals surface area contributed by atoms with E-state index in [4.69, 9.17) is 11.6 Å². The highest BCUT2D eigenvalue weighted by atomic mass is 35.5. The van der Waals surface area contributed by atoms with E-state index in [2.05, 4.69) is 4.98 Å². The molecule has 1 aromatic carbocycles. The number of aromatic hydroxyl groups is 1. The Kier molecular flexibility index (Phi) is 4.25. The van der Waals surface area contributed by atoms with E-state index < -0.39 is 0 Å². The SMILES string of the molecule is CCc1cc(C(=O)N(C)c2ccc(O)cc2)cc(Cl)n1. The van der Waals surface area contributed by atoms with Crippen molar-refractivity contribution in [2.75, 3.05) is 11.9 Å². The van der Waals surface area contributed by atoms with Crippen LogP contribution in [0.25, 0.3) is 0 Å². The number of pyridine rings is 1. The number of nitrogens with zero attached hydrogens (tertiary/aromatic N) is 2. The van der Waals surface area contributed by atoms with Gasteiger partial charge in [-0.15, -0.1) is 0 Å². The van der Waals surface area contributed by atoms with Crippen molar-refractivity contribution in [3.05, 3.63) is 52.8 Å². The fraction of sp³-hybridized carbons (Fsp3) is 0.200. The summed E-state index contributed by atoms with van der Waals surface area (Å²) in [5, 5.41) is 9.58. The average molecular weight is 291 g/mol. The van der Waals surface area contributed by atoms with Crippen LogP contribution in [0.2, 0.25) is 5.15 Å². The quantitative estimate of drug-likeness (QED) is 0.883. The van der Waals surface area contributed by atoms with Crippen molar-refractivity contribution < 1.29 is 9.90 Å². The van der Waals surface area contributed by atoms with Gasteiger partial charge in [0.25, 0.3) is 5.91 Å². The molecule has 104 valence electrons. The standard InChI is InChI=1S/C15H15ClN2O2/c1-3-11-8-10(9-14(16)17-11)15(20)18(2)12-4-6-13(19)7-5-12/h4-9,19H,3H2,1-2H3. The Hall–Kier alpha value is -2.07. The Morgan fingerprint density at radius 2 is 1.95 bits per heavy atom. The van der Waals surface area contributed by atoms with Crippen molar-refractivity contribution in [1.29, 1.82) is 0 Å². The number of aromatic nitrogens is 1. The second-order valence-corrected chi connectivity index (χ2v) is 4.79. The smallest absolute Gasteiger partial charge is 0.258 e. The highest BCUT2D eigenvalue weighted by Crippen LogP contribution is 2.20. The minimum atomic E-state index is -0.172. The predicted molar refractivity (Wildman–Crippen MR) is 79.5 cm³/mol. The Bertz CT molecular complexity index is 626. The zero-order valence-electron chi connectivity index (χ0n) is 11.3.